The summed E-state index contributed by atoms with van der Waals surface area (Å²) in [5.74, 6) is -0.145. The molecule has 1 fully saturated rings. The SMILES string of the molecule is CC1(C)OC(C)(C)C(OC(=O)O)CC1=O. The van der Waals surface area contributed by atoms with Crippen molar-refractivity contribution in [2.24, 2.45) is 0 Å². The van der Waals surface area contributed by atoms with E-state index in [0.29, 0.717) is 0 Å². The fraction of sp³-hybridized carbons (Fsp3) is 0.800. The van der Waals surface area contributed by atoms with Gasteiger partial charge in [-0.1, -0.05) is 0 Å². The fourth-order valence-electron chi connectivity index (χ4n) is 1.75. The van der Waals surface area contributed by atoms with Gasteiger partial charge in [0, 0.05) is 6.42 Å². The zero-order valence-electron chi connectivity index (χ0n) is 9.36. The van der Waals surface area contributed by atoms with E-state index >= 15 is 0 Å². The number of hydrogen-bond donors (Lipinski definition) is 1. The van der Waals surface area contributed by atoms with Gasteiger partial charge in [0.25, 0.3) is 0 Å². The molecule has 5 heteroatoms. The maximum atomic E-state index is 11.6. The maximum Gasteiger partial charge on any atom is 0.506 e. The van der Waals surface area contributed by atoms with Gasteiger partial charge in [-0.15, -0.1) is 0 Å². The van der Waals surface area contributed by atoms with Crippen LogP contribution in [-0.4, -0.2) is 34.4 Å². The number of carboxylic acid groups (broad SMARTS) is 1. The van der Waals surface area contributed by atoms with E-state index in [4.69, 9.17) is 9.84 Å². The van der Waals surface area contributed by atoms with E-state index in [1.54, 1.807) is 27.7 Å². The standard InChI is InChI=1S/C10H16O5/c1-9(2)6(11)5-7(14-8(12)13)10(3,4)15-9/h7H,5H2,1-4H3,(H,12,13). The highest BCUT2D eigenvalue weighted by Crippen LogP contribution is 2.34. The van der Waals surface area contributed by atoms with Crippen molar-refractivity contribution in [1.29, 1.82) is 0 Å². The van der Waals surface area contributed by atoms with Gasteiger partial charge in [0.05, 0.1) is 0 Å². The minimum atomic E-state index is -1.39. The van der Waals surface area contributed by atoms with E-state index < -0.39 is 23.5 Å². The van der Waals surface area contributed by atoms with Crippen molar-refractivity contribution >= 4 is 11.9 Å². The Hall–Kier alpha value is -1.10. The molecule has 15 heavy (non-hydrogen) atoms. The summed E-state index contributed by atoms with van der Waals surface area (Å²) in [5, 5.41) is 8.53. The molecule has 0 aromatic rings. The van der Waals surface area contributed by atoms with Gasteiger partial charge in [0.1, 0.15) is 17.3 Å². The summed E-state index contributed by atoms with van der Waals surface area (Å²) in [4.78, 5) is 22.0. The van der Waals surface area contributed by atoms with Crippen molar-refractivity contribution in [2.45, 2.75) is 51.4 Å². The lowest BCUT2D eigenvalue weighted by atomic mass is 9.85. The molecule has 0 amide bonds. The molecule has 1 unspecified atom stereocenters. The Bertz CT molecular complexity index is 292. The van der Waals surface area contributed by atoms with Gasteiger partial charge in [-0.2, -0.15) is 0 Å². The van der Waals surface area contributed by atoms with Gasteiger partial charge >= 0.3 is 6.16 Å². The van der Waals surface area contributed by atoms with Gasteiger partial charge in [0.15, 0.2) is 5.78 Å². The number of carbonyl (C=O) groups excluding carboxylic acids is 1. The minimum absolute atomic E-state index is 0.0618. The molecule has 0 spiro atoms. The number of Topliss-reactive ketones (excluding diaryl/α,β-unsaturated/α-hetero) is 1. The maximum absolute atomic E-state index is 11.6. The first-order valence-electron chi connectivity index (χ1n) is 4.78. The molecule has 0 bridgehead atoms. The predicted octanol–water partition coefficient (Wildman–Crippen LogP) is 1.60. The Morgan fingerprint density at radius 1 is 1.47 bits per heavy atom. The van der Waals surface area contributed by atoms with Crippen molar-refractivity contribution in [1.82, 2.24) is 0 Å². The Balaban J connectivity index is 2.84. The lowest BCUT2D eigenvalue weighted by Gasteiger charge is -2.44. The van der Waals surface area contributed by atoms with Crippen LogP contribution in [0.5, 0.6) is 0 Å². The van der Waals surface area contributed by atoms with E-state index in [1.807, 2.05) is 0 Å². The van der Waals surface area contributed by atoms with Crippen LogP contribution in [0.1, 0.15) is 34.1 Å². The first kappa shape index (κ1) is 12.0. The smallest absolute Gasteiger partial charge is 0.450 e. The molecule has 1 atom stereocenters. The van der Waals surface area contributed by atoms with E-state index in [0.717, 1.165) is 0 Å². The molecular formula is C10H16O5. The van der Waals surface area contributed by atoms with Gasteiger partial charge in [-0.25, -0.2) is 4.79 Å². The third-order valence-electron chi connectivity index (χ3n) is 2.58. The van der Waals surface area contributed by atoms with Gasteiger partial charge in [0.2, 0.25) is 0 Å². The number of rotatable bonds is 1. The van der Waals surface area contributed by atoms with Crippen LogP contribution in [0.25, 0.3) is 0 Å². The third-order valence-corrected chi connectivity index (χ3v) is 2.58. The second-order valence-corrected chi connectivity index (χ2v) is 4.72. The quantitative estimate of drug-likeness (QED) is 0.674. The molecule has 1 N–H and O–H groups in total. The Kier molecular flexibility index (Phi) is 2.78. The molecule has 1 rings (SSSR count). The second-order valence-electron chi connectivity index (χ2n) is 4.72. The van der Waals surface area contributed by atoms with Gasteiger partial charge < -0.3 is 14.6 Å². The molecule has 86 valence electrons. The van der Waals surface area contributed by atoms with Crippen LogP contribution in [-0.2, 0) is 14.3 Å². The average molecular weight is 216 g/mol. The summed E-state index contributed by atoms with van der Waals surface area (Å²) < 4.78 is 10.2. The molecule has 1 aliphatic rings. The molecule has 0 aliphatic carbocycles. The summed E-state index contributed by atoms with van der Waals surface area (Å²) in [5.41, 5.74) is -1.66. The normalized spacial score (nSPS) is 28.5. The van der Waals surface area contributed by atoms with Crippen molar-refractivity contribution in [3.05, 3.63) is 0 Å². The summed E-state index contributed by atoms with van der Waals surface area (Å²) in [6.45, 7) is 6.78. The van der Waals surface area contributed by atoms with Crippen molar-refractivity contribution in [3.8, 4) is 0 Å². The Morgan fingerprint density at radius 3 is 2.47 bits per heavy atom. The van der Waals surface area contributed by atoms with Crippen LogP contribution in [0.4, 0.5) is 4.79 Å². The first-order chi connectivity index (χ1) is 6.65. The number of ketones is 1. The molecule has 0 saturated carbocycles. The van der Waals surface area contributed by atoms with Crippen LogP contribution < -0.4 is 0 Å². The molecule has 0 aromatic heterocycles. The fourth-order valence-corrected chi connectivity index (χ4v) is 1.75. The van der Waals surface area contributed by atoms with Crippen molar-refractivity contribution in [3.63, 3.8) is 0 Å². The summed E-state index contributed by atoms with van der Waals surface area (Å²) in [7, 11) is 0. The predicted molar refractivity (Wildman–Crippen MR) is 51.8 cm³/mol. The molecule has 1 saturated heterocycles. The van der Waals surface area contributed by atoms with Crippen LogP contribution in [0.2, 0.25) is 0 Å². The largest absolute Gasteiger partial charge is 0.506 e. The van der Waals surface area contributed by atoms with Crippen LogP contribution in [0.15, 0.2) is 0 Å². The van der Waals surface area contributed by atoms with Crippen LogP contribution >= 0.6 is 0 Å². The summed E-state index contributed by atoms with van der Waals surface area (Å²) in [6.07, 6.45) is -2.06. The van der Waals surface area contributed by atoms with Crippen molar-refractivity contribution in [2.75, 3.05) is 0 Å². The molecule has 5 nitrogen and oxygen atoms in total. The topological polar surface area (TPSA) is 72.8 Å². The van der Waals surface area contributed by atoms with Crippen LogP contribution in [0, 0.1) is 0 Å². The Labute approximate surface area is 88.4 Å². The second kappa shape index (κ2) is 3.48. The average Bonchev–Trinajstić information content (AvgIpc) is 1.97. The highest BCUT2D eigenvalue weighted by molar-refractivity contribution is 5.88. The summed E-state index contributed by atoms with van der Waals surface area (Å²) >= 11 is 0. The highest BCUT2D eigenvalue weighted by Gasteiger charge is 2.48. The monoisotopic (exact) mass is 216 g/mol. The molecule has 0 radical (unpaired) electrons. The highest BCUT2D eigenvalue weighted by atomic mass is 16.7. The lowest BCUT2D eigenvalue weighted by Crippen LogP contribution is -2.57. The number of carbonyl (C=O) groups is 2. The first-order valence-corrected chi connectivity index (χ1v) is 4.78. The zero-order chi connectivity index (χ0) is 11.9. The molecule has 1 heterocycles. The van der Waals surface area contributed by atoms with Gasteiger partial charge in [-0.3, -0.25) is 4.79 Å². The van der Waals surface area contributed by atoms with E-state index in [9.17, 15) is 9.59 Å². The minimum Gasteiger partial charge on any atom is -0.450 e. The van der Waals surface area contributed by atoms with E-state index in [-0.39, 0.29) is 12.2 Å². The zero-order valence-corrected chi connectivity index (χ0v) is 9.36. The number of hydrogen-bond acceptors (Lipinski definition) is 4. The third kappa shape index (κ3) is 2.47. The van der Waals surface area contributed by atoms with E-state index in [2.05, 4.69) is 4.74 Å². The summed E-state index contributed by atoms with van der Waals surface area (Å²) in [6, 6.07) is 0. The lowest BCUT2D eigenvalue weighted by molar-refractivity contribution is -0.206. The molecular weight excluding hydrogens is 200 g/mol. The number of ether oxygens (including phenoxy) is 2. The Morgan fingerprint density at radius 2 is 2.00 bits per heavy atom. The molecule has 0 aromatic carbocycles. The van der Waals surface area contributed by atoms with Crippen LogP contribution in [0.3, 0.4) is 0 Å². The van der Waals surface area contributed by atoms with Crippen molar-refractivity contribution < 1.29 is 24.2 Å². The molecule has 1 aliphatic heterocycles. The van der Waals surface area contributed by atoms with E-state index in [1.165, 1.54) is 0 Å². The van der Waals surface area contributed by atoms with Gasteiger partial charge in [-0.05, 0) is 27.7 Å².